The van der Waals surface area contributed by atoms with Gasteiger partial charge in [-0.05, 0) is 62.3 Å². The second-order valence-electron chi connectivity index (χ2n) is 7.09. The summed E-state index contributed by atoms with van der Waals surface area (Å²) >= 11 is 0. The number of pyridine rings is 1. The van der Waals surface area contributed by atoms with E-state index >= 15 is 0 Å². The van der Waals surface area contributed by atoms with Gasteiger partial charge in [-0.1, -0.05) is 12.1 Å². The Labute approximate surface area is 157 Å². The van der Waals surface area contributed by atoms with Crippen LogP contribution in [0.4, 0.5) is 4.39 Å². The van der Waals surface area contributed by atoms with Crippen LogP contribution in [-0.2, 0) is 6.42 Å². The Hall–Kier alpha value is -2.94. The maximum Gasteiger partial charge on any atom is 0.266 e. The van der Waals surface area contributed by atoms with Crippen molar-refractivity contribution in [3.05, 3.63) is 68.9 Å². The Balaban J connectivity index is 1.67. The van der Waals surface area contributed by atoms with E-state index in [1.165, 1.54) is 18.2 Å². The van der Waals surface area contributed by atoms with Gasteiger partial charge in [0.2, 0.25) is 0 Å². The zero-order chi connectivity index (χ0) is 19.4. The van der Waals surface area contributed by atoms with Crippen LogP contribution < -0.4 is 5.56 Å². The van der Waals surface area contributed by atoms with E-state index in [0.717, 1.165) is 31.2 Å². The molecule has 6 heteroatoms. The molecule has 27 heavy (non-hydrogen) atoms. The molecule has 0 spiro atoms. The number of halogens is 1. The summed E-state index contributed by atoms with van der Waals surface area (Å²) in [5, 5.41) is 9.04. The summed E-state index contributed by atoms with van der Waals surface area (Å²) in [5.74, 6) is -0.000751. The number of carbonyl (C=O) groups is 1. The van der Waals surface area contributed by atoms with Crippen molar-refractivity contribution in [1.29, 1.82) is 5.26 Å². The number of carbonyl (C=O) groups excluding carboxylic acids is 1. The Morgan fingerprint density at radius 2 is 2.11 bits per heavy atom. The van der Waals surface area contributed by atoms with Gasteiger partial charge in [0.15, 0.2) is 0 Å². The summed E-state index contributed by atoms with van der Waals surface area (Å²) in [6, 6.07) is 9.76. The summed E-state index contributed by atoms with van der Waals surface area (Å²) < 4.78 is 13.0. The van der Waals surface area contributed by atoms with E-state index in [4.69, 9.17) is 5.26 Å². The van der Waals surface area contributed by atoms with Gasteiger partial charge in [-0.3, -0.25) is 9.59 Å². The number of nitrogens with one attached hydrogen (secondary N) is 1. The van der Waals surface area contributed by atoms with Gasteiger partial charge in [-0.25, -0.2) is 4.39 Å². The molecule has 0 aliphatic carbocycles. The molecular weight excluding hydrogens is 345 g/mol. The molecule has 1 aromatic carbocycles. The fraction of sp³-hybridized carbons (Fsp3) is 0.381. The van der Waals surface area contributed by atoms with E-state index in [1.54, 1.807) is 24.0 Å². The topological polar surface area (TPSA) is 77.0 Å². The SMILES string of the molecule is Cc1[nH]c(=O)c(C#N)cc1C(=O)N1CCC[C@H](CCc2ccc(F)cc2)C1. The van der Waals surface area contributed by atoms with Gasteiger partial charge in [0, 0.05) is 18.8 Å². The minimum atomic E-state index is -0.470. The number of nitriles is 1. The lowest BCUT2D eigenvalue weighted by Gasteiger charge is -2.33. The fourth-order valence-corrected chi connectivity index (χ4v) is 3.61. The molecule has 3 rings (SSSR count). The number of aromatic amines is 1. The molecule has 5 nitrogen and oxygen atoms in total. The van der Waals surface area contributed by atoms with Crippen LogP contribution in [-0.4, -0.2) is 28.9 Å². The predicted molar refractivity (Wildman–Crippen MR) is 99.9 cm³/mol. The smallest absolute Gasteiger partial charge is 0.266 e. The van der Waals surface area contributed by atoms with Crippen LogP contribution in [0, 0.1) is 30.0 Å². The van der Waals surface area contributed by atoms with Gasteiger partial charge >= 0.3 is 0 Å². The maximum absolute atomic E-state index is 13.0. The standard InChI is InChI=1S/C21H22FN3O2/c1-14-19(11-17(12-23)20(26)24-14)21(27)25-10-2-3-16(13-25)5-4-15-6-8-18(22)9-7-15/h6-9,11,16H,2-5,10,13H2,1H3,(H,24,26)/t16-/m1/s1. The number of nitrogens with zero attached hydrogens (tertiary/aromatic N) is 2. The fourth-order valence-electron chi connectivity index (χ4n) is 3.61. The second-order valence-corrected chi connectivity index (χ2v) is 7.09. The van der Waals surface area contributed by atoms with Gasteiger partial charge in [0.25, 0.3) is 11.5 Å². The third-order valence-electron chi connectivity index (χ3n) is 5.15. The highest BCUT2D eigenvalue weighted by Gasteiger charge is 2.26. The lowest BCUT2D eigenvalue weighted by Crippen LogP contribution is -2.40. The van der Waals surface area contributed by atoms with Crippen LogP contribution in [0.1, 0.15) is 46.4 Å². The van der Waals surface area contributed by atoms with Crippen LogP contribution in [0.25, 0.3) is 0 Å². The first kappa shape index (κ1) is 18.8. The molecule has 140 valence electrons. The molecule has 0 radical (unpaired) electrons. The van der Waals surface area contributed by atoms with Gasteiger partial charge in [-0.2, -0.15) is 5.26 Å². The molecular formula is C21H22FN3O2. The molecule has 1 saturated heterocycles. The highest BCUT2D eigenvalue weighted by atomic mass is 19.1. The molecule has 0 unspecified atom stereocenters. The van der Waals surface area contributed by atoms with E-state index in [-0.39, 0.29) is 17.3 Å². The van der Waals surface area contributed by atoms with Gasteiger partial charge in [-0.15, -0.1) is 0 Å². The number of benzene rings is 1. The van der Waals surface area contributed by atoms with Crippen molar-refractivity contribution in [3.8, 4) is 6.07 Å². The maximum atomic E-state index is 13.0. The van der Waals surface area contributed by atoms with E-state index in [1.807, 2.05) is 6.07 Å². The molecule has 1 aliphatic heterocycles. The number of hydrogen-bond acceptors (Lipinski definition) is 3. The molecule has 1 fully saturated rings. The van der Waals surface area contributed by atoms with Crippen molar-refractivity contribution in [2.24, 2.45) is 5.92 Å². The van der Waals surface area contributed by atoms with Crippen molar-refractivity contribution < 1.29 is 9.18 Å². The molecule has 0 saturated carbocycles. The number of H-pyrrole nitrogens is 1. The minimum Gasteiger partial charge on any atom is -0.338 e. The van der Waals surface area contributed by atoms with E-state index in [2.05, 4.69) is 4.98 Å². The monoisotopic (exact) mass is 367 g/mol. The normalized spacial score (nSPS) is 16.8. The average Bonchev–Trinajstić information content (AvgIpc) is 2.67. The first-order valence-electron chi connectivity index (χ1n) is 9.15. The second kappa shape index (κ2) is 8.17. The van der Waals surface area contributed by atoms with Gasteiger partial charge in [0.1, 0.15) is 17.4 Å². The molecule has 1 aliphatic rings. The molecule has 1 N–H and O–H groups in total. The molecule has 2 aromatic rings. The van der Waals surface area contributed by atoms with E-state index in [9.17, 15) is 14.0 Å². The Morgan fingerprint density at radius 3 is 2.81 bits per heavy atom. The van der Waals surface area contributed by atoms with Crippen LogP contribution in [0.15, 0.2) is 35.1 Å². The highest BCUT2D eigenvalue weighted by molar-refractivity contribution is 5.95. The zero-order valence-corrected chi connectivity index (χ0v) is 15.3. The first-order valence-corrected chi connectivity index (χ1v) is 9.15. The summed E-state index contributed by atoms with van der Waals surface area (Å²) in [5.41, 5.74) is 1.44. The number of rotatable bonds is 4. The summed E-state index contributed by atoms with van der Waals surface area (Å²) in [6.45, 7) is 3.00. The van der Waals surface area contributed by atoms with Crippen molar-refractivity contribution in [2.75, 3.05) is 13.1 Å². The molecule has 1 atom stereocenters. The lowest BCUT2D eigenvalue weighted by molar-refractivity contribution is 0.0667. The molecule has 0 bridgehead atoms. The van der Waals surface area contributed by atoms with Crippen LogP contribution in [0.3, 0.4) is 0 Å². The summed E-state index contributed by atoms with van der Waals surface area (Å²) in [4.78, 5) is 29.0. The van der Waals surface area contributed by atoms with E-state index in [0.29, 0.717) is 30.3 Å². The molecule has 2 heterocycles. The lowest BCUT2D eigenvalue weighted by atomic mass is 9.91. The number of hydrogen-bond donors (Lipinski definition) is 1. The number of aromatic nitrogens is 1. The Kier molecular flexibility index (Phi) is 5.70. The van der Waals surface area contributed by atoms with Crippen molar-refractivity contribution in [1.82, 2.24) is 9.88 Å². The van der Waals surface area contributed by atoms with Crippen LogP contribution in [0.2, 0.25) is 0 Å². The Morgan fingerprint density at radius 1 is 1.37 bits per heavy atom. The number of piperidine rings is 1. The van der Waals surface area contributed by atoms with E-state index < -0.39 is 5.56 Å². The third kappa shape index (κ3) is 4.43. The predicted octanol–water partition coefficient (Wildman–Crippen LogP) is 3.18. The highest BCUT2D eigenvalue weighted by Crippen LogP contribution is 2.23. The van der Waals surface area contributed by atoms with Gasteiger partial charge in [0.05, 0.1) is 5.56 Å². The van der Waals surface area contributed by atoms with Crippen LogP contribution in [0.5, 0.6) is 0 Å². The number of likely N-dealkylation sites (tertiary alicyclic amines) is 1. The zero-order valence-electron chi connectivity index (χ0n) is 15.3. The molecule has 1 amide bonds. The quantitative estimate of drug-likeness (QED) is 0.902. The Bertz CT molecular complexity index is 928. The minimum absolute atomic E-state index is 0.0474. The van der Waals surface area contributed by atoms with Crippen LogP contribution >= 0.6 is 0 Å². The third-order valence-corrected chi connectivity index (χ3v) is 5.15. The van der Waals surface area contributed by atoms with Crippen molar-refractivity contribution >= 4 is 5.91 Å². The number of amides is 1. The van der Waals surface area contributed by atoms with Crippen molar-refractivity contribution in [2.45, 2.75) is 32.6 Å². The largest absolute Gasteiger partial charge is 0.338 e. The van der Waals surface area contributed by atoms with Crippen molar-refractivity contribution in [3.63, 3.8) is 0 Å². The summed E-state index contributed by atoms with van der Waals surface area (Å²) in [6.07, 6.45) is 3.76. The average molecular weight is 367 g/mol. The first-order chi connectivity index (χ1) is 13.0. The summed E-state index contributed by atoms with van der Waals surface area (Å²) in [7, 11) is 0. The van der Waals surface area contributed by atoms with Gasteiger partial charge < -0.3 is 9.88 Å². The number of aryl methyl sites for hydroxylation is 2. The molecule has 1 aromatic heterocycles.